The van der Waals surface area contributed by atoms with E-state index in [4.69, 9.17) is 10.9 Å². The van der Waals surface area contributed by atoms with Crippen LogP contribution in [-0.2, 0) is 14.3 Å². The molecule has 15 heavy (non-hydrogen) atoms. The van der Waals surface area contributed by atoms with Gasteiger partial charge in [-0.25, -0.2) is 5.01 Å². The van der Waals surface area contributed by atoms with E-state index < -0.39 is 10.1 Å². The molecule has 0 atom stereocenters. The molecule has 0 heterocycles. The van der Waals surface area contributed by atoms with E-state index in [1.165, 1.54) is 5.01 Å². The van der Waals surface area contributed by atoms with Gasteiger partial charge in [0.25, 0.3) is 10.1 Å². The molecule has 0 bridgehead atoms. The molecule has 0 fully saturated rings. The molecule has 0 unspecified atom stereocenters. The maximum Gasteiger partial charge on any atom is 1.00 e. The number of aliphatic hydroxyl groups is 1. The zero-order chi connectivity index (χ0) is 11.0. The van der Waals surface area contributed by atoms with E-state index in [1.54, 1.807) is 0 Å². The maximum atomic E-state index is 11.1. The Bertz CT molecular complexity index is 241. The summed E-state index contributed by atoms with van der Waals surface area (Å²) in [7, 11) is -3.49. The summed E-state index contributed by atoms with van der Waals surface area (Å²) in [4.78, 5) is 0. The Hall–Kier alpha value is 0.790. The van der Waals surface area contributed by atoms with E-state index in [2.05, 4.69) is 4.18 Å². The van der Waals surface area contributed by atoms with Crippen LogP contribution < -0.4 is 35.4 Å². The molecule has 0 saturated carbocycles. The van der Waals surface area contributed by atoms with Crippen LogP contribution in [0.5, 0.6) is 0 Å². The van der Waals surface area contributed by atoms with Gasteiger partial charge in [0, 0.05) is 19.7 Å². The normalized spacial score (nSPS) is 11.5. The first-order valence-corrected chi connectivity index (χ1v) is 6.07. The minimum absolute atomic E-state index is 0. The molecule has 0 aromatic rings. The third-order valence-corrected chi connectivity index (χ3v) is 2.91. The van der Waals surface area contributed by atoms with Gasteiger partial charge in [-0.2, -0.15) is 8.42 Å². The molecular weight excluding hydrogens is 231 g/mol. The van der Waals surface area contributed by atoms with Crippen LogP contribution in [0, 0.1) is 0 Å². The Kier molecular flexibility index (Phi) is 12.1. The van der Waals surface area contributed by atoms with Crippen molar-refractivity contribution in [3.8, 4) is 0 Å². The molecule has 0 amide bonds. The molecule has 8 heteroatoms. The van der Waals surface area contributed by atoms with Crippen LogP contribution in [0.4, 0.5) is 0 Å². The van der Waals surface area contributed by atoms with E-state index in [-0.39, 0.29) is 56.4 Å². The summed E-state index contributed by atoms with van der Waals surface area (Å²) in [6.07, 6.45) is 0.197. The number of likely N-dealkylation sites (N-methyl/N-ethyl adjacent to an activating group) is 1. The SMILES string of the molecule is CCN(N)CCOS(=O)(=O)CCCO.[H-].[Na+]. The van der Waals surface area contributed by atoms with Crippen molar-refractivity contribution < 1.29 is 48.7 Å². The van der Waals surface area contributed by atoms with Crippen molar-refractivity contribution >= 4 is 10.1 Å². The third kappa shape index (κ3) is 11.1. The van der Waals surface area contributed by atoms with Crippen molar-refractivity contribution in [1.29, 1.82) is 0 Å². The summed E-state index contributed by atoms with van der Waals surface area (Å²) < 4.78 is 26.8. The molecule has 0 saturated heterocycles. The number of rotatable bonds is 8. The zero-order valence-corrected chi connectivity index (χ0v) is 12.2. The minimum Gasteiger partial charge on any atom is -1.00 e. The smallest absolute Gasteiger partial charge is 1.00 e. The van der Waals surface area contributed by atoms with Gasteiger partial charge in [-0.15, -0.1) is 0 Å². The number of hydrazine groups is 1. The van der Waals surface area contributed by atoms with Gasteiger partial charge in [0.2, 0.25) is 0 Å². The number of hydrogen-bond acceptors (Lipinski definition) is 6. The van der Waals surface area contributed by atoms with Crippen LogP contribution in [-0.4, -0.2) is 50.6 Å². The van der Waals surface area contributed by atoms with Crippen molar-refractivity contribution in [3.63, 3.8) is 0 Å². The maximum absolute atomic E-state index is 11.1. The van der Waals surface area contributed by atoms with Crippen LogP contribution in [0.25, 0.3) is 0 Å². The standard InChI is InChI=1S/C7H18N2O4S.Na.H/c1-2-9(8)4-6-13-14(11,12)7-3-5-10;;/h10H,2-8H2,1H3;;/q;+1;-1. The second kappa shape index (κ2) is 9.98. The summed E-state index contributed by atoms with van der Waals surface area (Å²) in [6, 6.07) is 0. The Morgan fingerprint density at radius 2 is 2.13 bits per heavy atom. The molecule has 0 spiro atoms. The molecule has 6 nitrogen and oxygen atoms in total. The van der Waals surface area contributed by atoms with E-state index in [0.717, 1.165) is 0 Å². The predicted octanol–water partition coefficient (Wildman–Crippen LogP) is -3.97. The van der Waals surface area contributed by atoms with Crippen LogP contribution in [0.2, 0.25) is 0 Å². The summed E-state index contributed by atoms with van der Waals surface area (Å²) in [5.74, 6) is 5.27. The molecule has 0 aliphatic carbocycles. The molecule has 0 rings (SSSR count). The predicted molar refractivity (Wildman–Crippen MR) is 54.0 cm³/mol. The second-order valence-corrected chi connectivity index (χ2v) is 4.55. The Morgan fingerprint density at radius 3 is 2.60 bits per heavy atom. The van der Waals surface area contributed by atoms with Gasteiger partial charge in [-0.1, -0.05) is 6.92 Å². The Labute approximate surface area is 115 Å². The molecule has 3 N–H and O–H groups in total. The van der Waals surface area contributed by atoms with Crippen LogP contribution in [0.3, 0.4) is 0 Å². The molecule has 0 aliphatic rings. The fourth-order valence-electron chi connectivity index (χ4n) is 0.740. The van der Waals surface area contributed by atoms with Gasteiger partial charge in [0.05, 0.1) is 12.4 Å². The first-order chi connectivity index (χ1) is 6.52. The van der Waals surface area contributed by atoms with Crippen molar-refractivity contribution in [1.82, 2.24) is 5.01 Å². The summed E-state index contributed by atoms with van der Waals surface area (Å²) >= 11 is 0. The van der Waals surface area contributed by atoms with Crippen LogP contribution >= 0.6 is 0 Å². The van der Waals surface area contributed by atoms with Crippen molar-refractivity contribution in [2.45, 2.75) is 13.3 Å². The third-order valence-electron chi connectivity index (χ3n) is 1.60. The van der Waals surface area contributed by atoms with E-state index >= 15 is 0 Å². The molecule has 0 aliphatic heterocycles. The first kappa shape index (κ1) is 18.2. The first-order valence-electron chi connectivity index (χ1n) is 4.49. The van der Waals surface area contributed by atoms with Gasteiger partial charge in [-0.3, -0.25) is 10.0 Å². The molecule has 88 valence electrons. The number of nitrogens with zero attached hydrogens (tertiary/aromatic N) is 1. The van der Waals surface area contributed by atoms with Crippen molar-refractivity contribution in [2.75, 3.05) is 32.1 Å². The van der Waals surface area contributed by atoms with E-state index in [1.807, 2.05) is 6.92 Å². The van der Waals surface area contributed by atoms with Crippen LogP contribution in [0.15, 0.2) is 0 Å². The van der Waals surface area contributed by atoms with E-state index in [0.29, 0.717) is 13.1 Å². The molecule has 0 aromatic heterocycles. The number of hydrogen-bond donors (Lipinski definition) is 2. The minimum atomic E-state index is -3.49. The van der Waals surface area contributed by atoms with Gasteiger partial charge in [0.1, 0.15) is 0 Å². The largest absolute Gasteiger partial charge is 1.00 e. The summed E-state index contributed by atoms with van der Waals surface area (Å²) in [5.41, 5.74) is 0. The molecule has 0 radical (unpaired) electrons. The van der Waals surface area contributed by atoms with Crippen LogP contribution in [0.1, 0.15) is 14.8 Å². The number of nitrogens with two attached hydrogens (primary N) is 1. The van der Waals surface area contributed by atoms with Gasteiger partial charge in [-0.05, 0) is 6.42 Å². The number of aliphatic hydroxyl groups excluding tert-OH is 1. The van der Waals surface area contributed by atoms with Gasteiger partial charge < -0.3 is 6.53 Å². The summed E-state index contributed by atoms with van der Waals surface area (Å²) in [5, 5.41) is 9.89. The topological polar surface area (TPSA) is 92.9 Å². The van der Waals surface area contributed by atoms with Gasteiger partial charge in [0.15, 0.2) is 0 Å². The zero-order valence-electron chi connectivity index (χ0n) is 10.3. The van der Waals surface area contributed by atoms with Gasteiger partial charge >= 0.3 is 29.6 Å². The quantitative estimate of drug-likeness (QED) is 0.197. The van der Waals surface area contributed by atoms with Crippen molar-refractivity contribution in [3.05, 3.63) is 0 Å². The fraction of sp³-hybridized carbons (Fsp3) is 1.00. The fourth-order valence-corrected chi connectivity index (χ4v) is 1.67. The van der Waals surface area contributed by atoms with E-state index in [9.17, 15) is 8.42 Å². The Morgan fingerprint density at radius 1 is 1.53 bits per heavy atom. The molecular formula is C7H19N2NaO4S. The summed E-state index contributed by atoms with van der Waals surface area (Å²) in [6.45, 7) is 2.77. The average Bonchev–Trinajstić information content (AvgIpc) is 2.14. The van der Waals surface area contributed by atoms with Crippen molar-refractivity contribution in [2.24, 2.45) is 5.84 Å². The monoisotopic (exact) mass is 250 g/mol. The molecule has 0 aromatic carbocycles. The Balaban J connectivity index is -0.000000845. The second-order valence-electron chi connectivity index (χ2n) is 2.79. The average molecular weight is 250 g/mol.